The van der Waals surface area contributed by atoms with Gasteiger partial charge in [-0.1, -0.05) is 19.9 Å². The van der Waals surface area contributed by atoms with Crippen molar-refractivity contribution >= 4 is 11.8 Å². The van der Waals surface area contributed by atoms with E-state index in [-0.39, 0.29) is 17.6 Å². The first kappa shape index (κ1) is 16.7. The van der Waals surface area contributed by atoms with Gasteiger partial charge in [0.05, 0.1) is 6.26 Å². The molecule has 0 aliphatic heterocycles. The molecule has 0 aliphatic rings. The van der Waals surface area contributed by atoms with Crippen LogP contribution in [-0.4, -0.2) is 22.8 Å². The lowest BCUT2D eigenvalue weighted by molar-refractivity contribution is -0.123. The minimum absolute atomic E-state index is 0.193. The van der Waals surface area contributed by atoms with E-state index in [1.807, 2.05) is 26.0 Å². The summed E-state index contributed by atoms with van der Waals surface area (Å²) in [6.45, 7) is 4.37. The first-order valence-electron chi connectivity index (χ1n) is 7.57. The molecule has 0 radical (unpaired) electrons. The van der Waals surface area contributed by atoms with Gasteiger partial charge < -0.3 is 15.1 Å². The molecular formula is C17H21N3O3. The Morgan fingerprint density at radius 2 is 2.09 bits per heavy atom. The molecule has 2 N–H and O–H groups in total. The van der Waals surface area contributed by atoms with E-state index in [1.165, 1.54) is 6.26 Å². The first-order chi connectivity index (χ1) is 11.1. The molecule has 0 aliphatic carbocycles. The van der Waals surface area contributed by atoms with E-state index >= 15 is 0 Å². The second kappa shape index (κ2) is 8.12. The highest BCUT2D eigenvalue weighted by molar-refractivity contribution is 5.95. The molecule has 0 spiro atoms. The molecule has 0 bridgehead atoms. The van der Waals surface area contributed by atoms with Crippen molar-refractivity contribution < 1.29 is 14.0 Å². The van der Waals surface area contributed by atoms with E-state index in [4.69, 9.17) is 4.42 Å². The van der Waals surface area contributed by atoms with Crippen molar-refractivity contribution in [1.29, 1.82) is 0 Å². The number of aromatic nitrogens is 1. The zero-order valence-corrected chi connectivity index (χ0v) is 13.3. The molecule has 2 amide bonds. The Labute approximate surface area is 135 Å². The van der Waals surface area contributed by atoms with Crippen LogP contribution in [0.15, 0.2) is 47.3 Å². The Hall–Kier alpha value is -2.63. The Morgan fingerprint density at radius 3 is 2.70 bits per heavy atom. The number of carbonyl (C=O) groups excluding carboxylic acids is 2. The highest BCUT2D eigenvalue weighted by Gasteiger charge is 2.23. The summed E-state index contributed by atoms with van der Waals surface area (Å²) < 4.78 is 5.06. The fourth-order valence-electron chi connectivity index (χ4n) is 2.16. The molecule has 0 saturated heterocycles. The molecular weight excluding hydrogens is 294 g/mol. The number of rotatable bonds is 7. The van der Waals surface area contributed by atoms with Gasteiger partial charge in [-0.2, -0.15) is 0 Å². The van der Waals surface area contributed by atoms with Crippen LogP contribution in [0, 0.1) is 5.92 Å². The third kappa shape index (κ3) is 5.25. The number of nitrogens with one attached hydrogen (secondary N) is 2. The summed E-state index contributed by atoms with van der Waals surface area (Å²) in [7, 11) is 0. The lowest BCUT2D eigenvalue weighted by Crippen LogP contribution is -2.47. The van der Waals surface area contributed by atoms with Crippen LogP contribution in [0.25, 0.3) is 0 Å². The van der Waals surface area contributed by atoms with Gasteiger partial charge in [0.1, 0.15) is 6.04 Å². The fraction of sp³-hybridized carbons (Fsp3) is 0.353. The van der Waals surface area contributed by atoms with Crippen LogP contribution in [-0.2, 0) is 11.3 Å². The Balaban J connectivity index is 1.96. The first-order valence-corrected chi connectivity index (χ1v) is 7.57. The van der Waals surface area contributed by atoms with Crippen LogP contribution in [0.3, 0.4) is 0 Å². The quantitative estimate of drug-likeness (QED) is 0.820. The van der Waals surface area contributed by atoms with Crippen molar-refractivity contribution in [3.8, 4) is 0 Å². The van der Waals surface area contributed by atoms with E-state index in [0.29, 0.717) is 13.0 Å². The maximum Gasteiger partial charge on any atom is 0.287 e. The van der Waals surface area contributed by atoms with Gasteiger partial charge in [-0.05, 0) is 36.1 Å². The average molecular weight is 315 g/mol. The molecule has 122 valence electrons. The highest BCUT2D eigenvalue weighted by Crippen LogP contribution is 2.08. The summed E-state index contributed by atoms with van der Waals surface area (Å²) in [5.74, 6) is -0.153. The SMILES string of the molecule is CC(C)C[C@@H](NC(=O)c1ccco1)C(=O)NCc1cccnc1. The van der Waals surface area contributed by atoms with E-state index in [9.17, 15) is 9.59 Å². The molecule has 0 aromatic carbocycles. The van der Waals surface area contributed by atoms with Crippen LogP contribution in [0.4, 0.5) is 0 Å². The maximum absolute atomic E-state index is 12.4. The van der Waals surface area contributed by atoms with Gasteiger partial charge in [-0.25, -0.2) is 0 Å². The van der Waals surface area contributed by atoms with Gasteiger partial charge in [-0.3, -0.25) is 14.6 Å². The number of nitrogens with zero attached hydrogens (tertiary/aromatic N) is 1. The summed E-state index contributed by atoms with van der Waals surface area (Å²) in [4.78, 5) is 28.5. The van der Waals surface area contributed by atoms with Gasteiger partial charge in [0.2, 0.25) is 5.91 Å². The predicted octanol–water partition coefficient (Wildman–Crippen LogP) is 2.14. The second-order valence-corrected chi connectivity index (χ2v) is 5.71. The number of hydrogen-bond donors (Lipinski definition) is 2. The molecule has 1 atom stereocenters. The summed E-state index contributed by atoms with van der Waals surface area (Å²) in [6.07, 6.45) is 5.34. The number of hydrogen-bond acceptors (Lipinski definition) is 4. The van der Waals surface area contributed by atoms with Crippen LogP contribution < -0.4 is 10.6 Å². The normalized spacial score (nSPS) is 12.0. The van der Waals surface area contributed by atoms with E-state index in [1.54, 1.807) is 24.5 Å². The highest BCUT2D eigenvalue weighted by atomic mass is 16.3. The molecule has 0 unspecified atom stereocenters. The van der Waals surface area contributed by atoms with Crippen molar-refractivity contribution in [3.05, 3.63) is 54.2 Å². The summed E-state index contributed by atoms with van der Waals surface area (Å²) in [6, 6.07) is 6.28. The molecule has 23 heavy (non-hydrogen) atoms. The molecule has 2 aromatic heterocycles. The number of pyridine rings is 1. The zero-order chi connectivity index (χ0) is 16.7. The largest absolute Gasteiger partial charge is 0.459 e. The molecule has 0 fully saturated rings. The van der Waals surface area contributed by atoms with Crippen molar-refractivity contribution in [3.63, 3.8) is 0 Å². The molecule has 0 saturated carbocycles. The monoisotopic (exact) mass is 315 g/mol. The van der Waals surface area contributed by atoms with Crippen molar-refractivity contribution in [2.75, 3.05) is 0 Å². The molecule has 2 heterocycles. The number of furan rings is 1. The fourth-order valence-corrected chi connectivity index (χ4v) is 2.16. The Morgan fingerprint density at radius 1 is 1.26 bits per heavy atom. The minimum Gasteiger partial charge on any atom is -0.459 e. The zero-order valence-electron chi connectivity index (χ0n) is 13.3. The summed E-state index contributed by atoms with van der Waals surface area (Å²) in [5, 5.41) is 5.56. The second-order valence-electron chi connectivity index (χ2n) is 5.71. The predicted molar refractivity (Wildman–Crippen MR) is 85.5 cm³/mol. The minimum atomic E-state index is -0.607. The summed E-state index contributed by atoms with van der Waals surface area (Å²) in [5.41, 5.74) is 0.904. The topological polar surface area (TPSA) is 84.2 Å². The van der Waals surface area contributed by atoms with Crippen LogP contribution in [0.2, 0.25) is 0 Å². The molecule has 6 heteroatoms. The van der Waals surface area contributed by atoms with Gasteiger partial charge in [0.15, 0.2) is 5.76 Å². The third-order valence-corrected chi connectivity index (χ3v) is 3.26. The lowest BCUT2D eigenvalue weighted by Gasteiger charge is -2.19. The maximum atomic E-state index is 12.4. The van der Waals surface area contributed by atoms with Gasteiger partial charge in [-0.15, -0.1) is 0 Å². The molecule has 2 rings (SSSR count). The van der Waals surface area contributed by atoms with E-state index in [2.05, 4.69) is 15.6 Å². The van der Waals surface area contributed by atoms with Crippen molar-refractivity contribution in [2.24, 2.45) is 5.92 Å². The third-order valence-electron chi connectivity index (χ3n) is 3.26. The molecule has 2 aromatic rings. The number of carbonyl (C=O) groups is 2. The standard InChI is InChI=1S/C17H21N3O3/c1-12(2)9-14(20-17(22)15-6-4-8-23-15)16(21)19-11-13-5-3-7-18-10-13/h3-8,10,12,14H,9,11H2,1-2H3,(H,19,21)(H,20,22)/t14-/m1/s1. The van der Waals surface area contributed by atoms with Gasteiger partial charge in [0, 0.05) is 18.9 Å². The van der Waals surface area contributed by atoms with Crippen LogP contribution in [0.5, 0.6) is 0 Å². The van der Waals surface area contributed by atoms with E-state index < -0.39 is 11.9 Å². The summed E-state index contributed by atoms with van der Waals surface area (Å²) >= 11 is 0. The smallest absolute Gasteiger partial charge is 0.287 e. The molecule has 6 nitrogen and oxygen atoms in total. The van der Waals surface area contributed by atoms with Crippen LogP contribution >= 0.6 is 0 Å². The average Bonchev–Trinajstić information content (AvgIpc) is 3.07. The van der Waals surface area contributed by atoms with Gasteiger partial charge in [0.25, 0.3) is 5.91 Å². The lowest BCUT2D eigenvalue weighted by atomic mass is 10.0. The van der Waals surface area contributed by atoms with Gasteiger partial charge >= 0.3 is 0 Å². The van der Waals surface area contributed by atoms with E-state index in [0.717, 1.165) is 5.56 Å². The Bertz CT molecular complexity index is 624. The van der Waals surface area contributed by atoms with Crippen LogP contribution in [0.1, 0.15) is 36.4 Å². The number of amides is 2. The van der Waals surface area contributed by atoms with Crippen molar-refractivity contribution in [2.45, 2.75) is 32.9 Å². The Kier molecular flexibility index (Phi) is 5.91. The van der Waals surface area contributed by atoms with Crippen molar-refractivity contribution in [1.82, 2.24) is 15.6 Å².